The van der Waals surface area contributed by atoms with Crippen molar-refractivity contribution in [2.45, 2.75) is 26.2 Å². The van der Waals surface area contributed by atoms with E-state index in [1.54, 1.807) is 26.2 Å². The average molecular weight is 479 g/mol. The van der Waals surface area contributed by atoms with Crippen molar-refractivity contribution in [1.29, 1.82) is 0 Å². The fraction of sp³-hybridized carbons (Fsp3) is 0.240. The number of carbonyl (C=O) groups is 2. The molecule has 2 aliphatic rings. The van der Waals surface area contributed by atoms with Gasteiger partial charge < -0.3 is 14.9 Å². The first-order chi connectivity index (χ1) is 16.2. The van der Waals surface area contributed by atoms with Gasteiger partial charge in [-0.25, -0.2) is 0 Å². The molecule has 0 saturated heterocycles. The average Bonchev–Trinajstić information content (AvgIpc) is 3.21. The Morgan fingerprint density at radius 2 is 1.91 bits per heavy atom. The molecule has 0 fully saturated rings. The largest absolute Gasteiger partial charge is 0.502 e. The van der Waals surface area contributed by atoms with Crippen LogP contribution in [-0.4, -0.2) is 45.5 Å². The summed E-state index contributed by atoms with van der Waals surface area (Å²) in [5, 5.41) is 13.2. The summed E-state index contributed by atoms with van der Waals surface area (Å²) in [5.74, 6) is -1.78. The summed E-state index contributed by atoms with van der Waals surface area (Å²) in [4.78, 5) is 42.3. The Morgan fingerprint density at radius 1 is 1.18 bits per heavy atom. The van der Waals surface area contributed by atoms with Crippen LogP contribution in [0, 0.1) is 6.92 Å². The van der Waals surface area contributed by atoms with Gasteiger partial charge >= 0.3 is 0 Å². The molecule has 9 heteroatoms. The van der Waals surface area contributed by atoms with E-state index in [4.69, 9.17) is 11.6 Å². The Labute approximate surface area is 201 Å². The molecule has 0 unspecified atom stereocenters. The SMILES string of the molecule is Cc1c(Cl)cccc1CN(C)C(=O)c1cn2c(c(O)c1=O)C(=O)N(C)[C@@H]1c3ccccc3CN12. The molecule has 0 spiro atoms. The second-order valence-corrected chi connectivity index (χ2v) is 9.09. The van der Waals surface area contributed by atoms with Gasteiger partial charge in [-0.05, 0) is 29.7 Å². The number of hydrogen-bond acceptors (Lipinski definition) is 5. The van der Waals surface area contributed by atoms with Crippen LogP contribution in [0.15, 0.2) is 53.5 Å². The molecule has 0 aliphatic carbocycles. The van der Waals surface area contributed by atoms with Gasteiger partial charge in [-0.1, -0.05) is 48.0 Å². The van der Waals surface area contributed by atoms with Crippen LogP contribution in [0.5, 0.6) is 5.75 Å². The number of fused-ring (bicyclic) bond motifs is 5. The van der Waals surface area contributed by atoms with Crippen molar-refractivity contribution in [3.05, 3.63) is 97.4 Å². The second kappa shape index (κ2) is 7.92. The van der Waals surface area contributed by atoms with E-state index in [2.05, 4.69) is 0 Å². The topological polar surface area (TPSA) is 86.1 Å². The van der Waals surface area contributed by atoms with Gasteiger partial charge in [-0.2, -0.15) is 0 Å². The first kappa shape index (κ1) is 22.0. The van der Waals surface area contributed by atoms with Crippen LogP contribution in [0.1, 0.15) is 49.3 Å². The van der Waals surface area contributed by atoms with Crippen LogP contribution >= 0.6 is 11.6 Å². The molecule has 8 nitrogen and oxygen atoms in total. The number of pyridine rings is 1. The number of hydrogen-bond donors (Lipinski definition) is 1. The van der Waals surface area contributed by atoms with E-state index in [0.29, 0.717) is 11.6 Å². The highest BCUT2D eigenvalue weighted by Crippen LogP contribution is 2.39. The van der Waals surface area contributed by atoms with Crippen molar-refractivity contribution in [2.75, 3.05) is 19.1 Å². The van der Waals surface area contributed by atoms with E-state index in [1.807, 2.05) is 42.3 Å². The number of aromatic hydroxyl groups is 1. The van der Waals surface area contributed by atoms with E-state index in [-0.39, 0.29) is 17.8 Å². The van der Waals surface area contributed by atoms with Crippen LogP contribution in [0.25, 0.3) is 0 Å². The highest BCUT2D eigenvalue weighted by molar-refractivity contribution is 6.31. The Morgan fingerprint density at radius 3 is 2.68 bits per heavy atom. The number of amides is 2. The van der Waals surface area contributed by atoms with Crippen LogP contribution in [-0.2, 0) is 13.1 Å². The lowest BCUT2D eigenvalue weighted by Crippen LogP contribution is -2.52. The predicted octanol–water partition coefficient (Wildman–Crippen LogP) is 3.02. The first-order valence-corrected chi connectivity index (χ1v) is 11.2. The fourth-order valence-corrected chi connectivity index (χ4v) is 4.93. The van der Waals surface area contributed by atoms with E-state index in [9.17, 15) is 19.5 Å². The molecule has 34 heavy (non-hydrogen) atoms. The molecule has 0 radical (unpaired) electrons. The van der Waals surface area contributed by atoms with Crippen LogP contribution in [0.3, 0.4) is 0 Å². The normalized spacial score (nSPS) is 16.2. The number of carbonyl (C=O) groups excluding carboxylic acids is 2. The molecule has 0 saturated carbocycles. The summed E-state index contributed by atoms with van der Waals surface area (Å²) in [6.07, 6.45) is 0.957. The van der Waals surface area contributed by atoms with Gasteiger partial charge in [0.05, 0.1) is 6.54 Å². The van der Waals surface area contributed by atoms with Crippen LogP contribution in [0.4, 0.5) is 0 Å². The lowest BCUT2D eigenvalue weighted by Gasteiger charge is -2.41. The van der Waals surface area contributed by atoms with E-state index >= 15 is 0 Å². The van der Waals surface area contributed by atoms with Crippen molar-refractivity contribution < 1.29 is 14.7 Å². The fourth-order valence-electron chi connectivity index (χ4n) is 4.73. The summed E-state index contributed by atoms with van der Waals surface area (Å²) in [6.45, 7) is 2.55. The molecular formula is C25H23ClN4O4. The molecule has 1 N–H and O–H groups in total. The number of nitrogens with zero attached hydrogens (tertiary/aromatic N) is 4. The zero-order chi connectivity index (χ0) is 24.3. The third kappa shape index (κ3) is 3.17. The van der Waals surface area contributed by atoms with Gasteiger partial charge in [-0.15, -0.1) is 0 Å². The van der Waals surface area contributed by atoms with Crippen LogP contribution in [0.2, 0.25) is 5.02 Å². The monoisotopic (exact) mass is 478 g/mol. The molecule has 3 heterocycles. The molecule has 5 rings (SSSR count). The Hall–Kier alpha value is -3.78. The standard InChI is InChI=1S/C25H23ClN4O4/c1-14-15(8-6-10-19(14)26)11-27(2)24(33)18-13-29-20(22(32)21(18)31)25(34)28(3)23-17-9-5-4-7-16(17)12-30(23)29/h4-10,13,23,32H,11-12H2,1-3H3/t23-/m0/s1. The second-order valence-electron chi connectivity index (χ2n) is 8.68. The Bertz CT molecular complexity index is 1420. The summed E-state index contributed by atoms with van der Waals surface area (Å²) >= 11 is 6.20. The van der Waals surface area contributed by atoms with E-state index in [1.165, 1.54) is 20.7 Å². The maximum absolute atomic E-state index is 13.3. The zero-order valence-corrected chi connectivity index (χ0v) is 19.7. The highest BCUT2D eigenvalue weighted by atomic mass is 35.5. The summed E-state index contributed by atoms with van der Waals surface area (Å²) in [6, 6.07) is 13.2. The molecule has 1 atom stereocenters. The first-order valence-electron chi connectivity index (χ1n) is 10.8. The maximum atomic E-state index is 13.3. The number of aromatic nitrogens is 1. The third-order valence-electron chi connectivity index (χ3n) is 6.64. The minimum absolute atomic E-state index is 0.151. The Kier molecular flexibility index (Phi) is 5.13. The van der Waals surface area contributed by atoms with Gasteiger partial charge in [0.2, 0.25) is 5.43 Å². The summed E-state index contributed by atoms with van der Waals surface area (Å²) < 4.78 is 1.45. The van der Waals surface area contributed by atoms with Gasteiger partial charge in [0.25, 0.3) is 11.8 Å². The molecule has 2 aromatic carbocycles. The van der Waals surface area contributed by atoms with Gasteiger partial charge in [0.15, 0.2) is 11.4 Å². The third-order valence-corrected chi connectivity index (χ3v) is 7.05. The predicted molar refractivity (Wildman–Crippen MR) is 128 cm³/mol. The van der Waals surface area contributed by atoms with Crippen molar-refractivity contribution >= 4 is 23.4 Å². The minimum atomic E-state index is -0.872. The van der Waals surface area contributed by atoms with Gasteiger partial charge in [0.1, 0.15) is 11.7 Å². The number of benzene rings is 2. The quantitative estimate of drug-likeness (QED) is 0.625. The molecule has 1 aromatic heterocycles. The number of halogens is 1. The summed E-state index contributed by atoms with van der Waals surface area (Å²) in [7, 11) is 3.21. The van der Waals surface area contributed by atoms with Crippen molar-refractivity contribution in [3.8, 4) is 5.75 Å². The smallest absolute Gasteiger partial charge is 0.278 e. The minimum Gasteiger partial charge on any atom is -0.502 e. The van der Waals surface area contributed by atoms with E-state index < -0.39 is 29.2 Å². The lowest BCUT2D eigenvalue weighted by atomic mass is 10.1. The van der Waals surface area contributed by atoms with E-state index in [0.717, 1.165) is 22.3 Å². The lowest BCUT2D eigenvalue weighted by molar-refractivity contribution is 0.0638. The molecule has 2 amide bonds. The van der Waals surface area contributed by atoms with Crippen LogP contribution < -0.4 is 10.4 Å². The summed E-state index contributed by atoms with van der Waals surface area (Å²) in [5.41, 5.74) is 2.45. The highest BCUT2D eigenvalue weighted by Gasteiger charge is 2.43. The molecular weight excluding hydrogens is 456 g/mol. The van der Waals surface area contributed by atoms with Gasteiger partial charge in [-0.3, -0.25) is 24.1 Å². The molecule has 2 aliphatic heterocycles. The molecule has 174 valence electrons. The zero-order valence-electron chi connectivity index (χ0n) is 18.9. The maximum Gasteiger partial charge on any atom is 0.278 e. The van der Waals surface area contributed by atoms with Crippen molar-refractivity contribution in [1.82, 2.24) is 14.5 Å². The molecule has 0 bridgehead atoms. The van der Waals surface area contributed by atoms with Gasteiger partial charge in [0, 0.05) is 37.4 Å². The molecule has 3 aromatic rings. The van der Waals surface area contributed by atoms with Crippen molar-refractivity contribution in [3.63, 3.8) is 0 Å². The van der Waals surface area contributed by atoms with Crippen molar-refractivity contribution in [2.24, 2.45) is 0 Å². The number of rotatable bonds is 3. The Balaban J connectivity index is 1.57.